The molecule has 1 aliphatic rings. The number of nitrogen functional groups attached to an aromatic ring is 1. The van der Waals surface area contributed by atoms with Crippen molar-refractivity contribution in [1.29, 1.82) is 0 Å². The molecule has 0 amide bonds. The number of nitrogens with zero attached hydrogens (tertiary/aromatic N) is 2. The summed E-state index contributed by atoms with van der Waals surface area (Å²) in [4.78, 5) is 2.28. The monoisotopic (exact) mass is 293 g/mol. The number of hydrogen-bond donors (Lipinski definition) is 1. The van der Waals surface area contributed by atoms with E-state index in [0.717, 1.165) is 43.1 Å². The highest BCUT2D eigenvalue weighted by Crippen LogP contribution is 2.31. The molecule has 106 valence electrons. The van der Waals surface area contributed by atoms with Crippen molar-refractivity contribution in [2.75, 3.05) is 32.0 Å². The first kappa shape index (κ1) is 13.4. The van der Waals surface area contributed by atoms with Crippen LogP contribution in [0.4, 0.5) is 5.88 Å². The van der Waals surface area contributed by atoms with Crippen molar-refractivity contribution in [1.82, 2.24) is 10.1 Å². The fraction of sp³-hybridized carbons (Fsp3) is 0.357. The van der Waals surface area contributed by atoms with Gasteiger partial charge in [-0.1, -0.05) is 28.9 Å². The summed E-state index contributed by atoms with van der Waals surface area (Å²) in [6.45, 7) is 4.01. The number of morpholine rings is 1. The first-order valence-electron chi connectivity index (χ1n) is 6.54. The zero-order valence-corrected chi connectivity index (χ0v) is 11.8. The third-order valence-corrected chi connectivity index (χ3v) is 3.65. The fourth-order valence-corrected chi connectivity index (χ4v) is 2.47. The van der Waals surface area contributed by atoms with E-state index in [-0.39, 0.29) is 0 Å². The zero-order valence-electron chi connectivity index (χ0n) is 11.0. The van der Waals surface area contributed by atoms with Gasteiger partial charge in [-0.25, -0.2) is 0 Å². The molecule has 0 unspecified atom stereocenters. The maximum Gasteiger partial charge on any atom is 0.230 e. The third-order valence-electron chi connectivity index (χ3n) is 3.40. The van der Waals surface area contributed by atoms with E-state index in [9.17, 15) is 0 Å². The molecule has 0 radical (unpaired) electrons. The van der Waals surface area contributed by atoms with Gasteiger partial charge in [0, 0.05) is 24.7 Å². The minimum absolute atomic E-state index is 0.343. The molecule has 1 saturated heterocycles. The van der Waals surface area contributed by atoms with E-state index in [1.54, 1.807) is 0 Å². The maximum atomic E-state index is 5.92. The zero-order chi connectivity index (χ0) is 13.9. The fourth-order valence-electron chi connectivity index (χ4n) is 2.34. The molecule has 2 heterocycles. The van der Waals surface area contributed by atoms with Crippen LogP contribution in [-0.4, -0.2) is 36.4 Å². The minimum Gasteiger partial charge on any atom is -0.379 e. The molecule has 0 atom stereocenters. The Balaban J connectivity index is 1.86. The predicted molar refractivity (Wildman–Crippen MR) is 77.5 cm³/mol. The average Bonchev–Trinajstić information content (AvgIpc) is 2.82. The van der Waals surface area contributed by atoms with E-state index in [2.05, 4.69) is 10.1 Å². The van der Waals surface area contributed by atoms with Crippen LogP contribution in [0.3, 0.4) is 0 Å². The molecule has 6 heteroatoms. The van der Waals surface area contributed by atoms with Gasteiger partial charge in [0.2, 0.25) is 5.88 Å². The highest BCUT2D eigenvalue weighted by atomic mass is 35.5. The highest BCUT2D eigenvalue weighted by molar-refractivity contribution is 6.30. The Kier molecular flexibility index (Phi) is 3.91. The van der Waals surface area contributed by atoms with Gasteiger partial charge >= 0.3 is 0 Å². The summed E-state index contributed by atoms with van der Waals surface area (Å²) in [6.07, 6.45) is 0. The second kappa shape index (κ2) is 5.83. The molecule has 20 heavy (non-hydrogen) atoms. The molecular formula is C14H16ClN3O2. The smallest absolute Gasteiger partial charge is 0.230 e. The van der Waals surface area contributed by atoms with Crippen molar-refractivity contribution in [3.8, 4) is 11.1 Å². The van der Waals surface area contributed by atoms with Gasteiger partial charge in [-0.15, -0.1) is 0 Å². The summed E-state index contributed by atoms with van der Waals surface area (Å²) < 4.78 is 10.5. The summed E-state index contributed by atoms with van der Waals surface area (Å²) >= 11 is 5.92. The van der Waals surface area contributed by atoms with Crippen LogP contribution < -0.4 is 5.73 Å². The van der Waals surface area contributed by atoms with E-state index >= 15 is 0 Å². The molecule has 2 N–H and O–H groups in total. The molecule has 0 saturated carbocycles. The van der Waals surface area contributed by atoms with Crippen LogP contribution in [0.2, 0.25) is 5.02 Å². The lowest BCUT2D eigenvalue weighted by molar-refractivity contribution is 0.0333. The van der Waals surface area contributed by atoms with Crippen LogP contribution >= 0.6 is 11.6 Å². The lowest BCUT2D eigenvalue weighted by Crippen LogP contribution is -2.35. The second-order valence-corrected chi connectivity index (χ2v) is 5.20. The van der Waals surface area contributed by atoms with Gasteiger partial charge in [0.15, 0.2) is 0 Å². The number of hydrogen-bond acceptors (Lipinski definition) is 5. The van der Waals surface area contributed by atoms with E-state index < -0.39 is 0 Å². The van der Waals surface area contributed by atoms with Gasteiger partial charge in [0.1, 0.15) is 5.69 Å². The Morgan fingerprint density at radius 1 is 1.20 bits per heavy atom. The average molecular weight is 294 g/mol. The number of benzene rings is 1. The minimum atomic E-state index is 0.343. The predicted octanol–water partition coefficient (Wildman–Crippen LogP) is 2.41. The van der Waals surface area contributed by atoms with Crippen LogP contribution in [0.1, 0.15) is 5.69 Å². The van der Waals surface area contributed by atoms with Crippen molar-refractivity contribution >= 4 is 17.5 Å². The van der Waals surface area contributed by atoms with Crippen molar-refractivity contribution in [3.05, 3.63) is 35.0 Å². The number of anilines is 1. The lowest BCUT2D eigenvalue weighted by Gasteiger charge is -2.25. The van der Waals surface area contributed by atoms with Crippen LogP contribution in [0.25, 0.3) is 11.1 Å². The molecular weight excluding hydrogens is 278 g/mol. The summed E-state index contributed by atoms with van der Waals surface area (Å²) in [6, 6.07) is 7.52. The Labute approximate surface area is 122 Å². The molecule has 0 aliphatic carbocycles. The quantitative estimate of drug-likeness (QED) is 0.941. The van der Waals surface area contributed by atoms with Gasteiger partial charge in [-0.05, 0) is 17.7 Å². The second-order valence-electron chi connectivity index (χ2n) is 4.76. The third kappa shape index (κ3) is 2.80. The Bertz CT molecular complexity index is 577. The molecule has 1 aliphatic heterocycles. The van der Waals surface area contributed by atoms with E-state index in [1.165, 1.54) is 0 Å². The van der Waals surface area contributed by atoms with Gasteiger partial charge in [-0.3, -0.25) is 4.90 Å². The first-order chi connectivity index (χ1) is 9.74. The van der Waals surface area contributed by atoms with Crippen LogP contribution in [-0.2, 0) is 11.3 Å². The van der Waals surface area contributed by atoms with Crippen molar-refractivity contribution in [2.24, 2.45) is 0 Å². The normalized spacial score (nSPS) is 16.4. The molecule has 1 aromatic carbocycles. The Morgan fingerprint density at radius 3 is 2.60 bits per heavy atom. The van der Waals surface area contributed by atoms with Gasteiger partial charge in [0.05, 0.1) is 18.8 Å². The van der Waals surface area contributed by atoms with Crippen molar-refractivity contribution in [3.63, 3.8) is 0 Å². The van der Waals surface area contributed by atoms with E-state index in [4.69, 9.17) is 26.6 Å². The van der Waals surface area contributed by atoms with E-state index in [0.29, 0.717) is 17.5 Å². The van der Waals surface area contributed by atoms with Gasteiger partial charge in [-0.2, -0.15) is 0 Å². The SMILES string of the molecule is Nc1onc(CN2CCOCC2)c1-c1ccc(Cl)cc1. The largest absolute Gasteiger partial charge is 0.379 e. The van der Waals surface area contributed by atoms with Gasteiger partial charge < -0.3 is 15.0 Å². The maximum absolute atomic E-state index is 5.92. The summed E-state index contributed by atoms with van der Waals surface area (Å²) in [5, 5.41) is 4.79. The van der Waals surface area contributed by atoms with Crippen LogP contribution in [0, 0.1) is 0 Å². The Hall–Kier alpha value is -1.56. The standard InChI is InChI=1S/C14H16ClN3O2/c15-11-3-1-10(2-4-11)13-12(17-20-14(13)16)9-18-5-7-19-8-6-18/h1-4H,5-9,16H2. The molecule has 1 fully saturated rings. The van der Waals surface area contributed by atoms with Crippen LogP contribution in [0.5, 0.6) is 0 Å². The molecule has 2 aromatic rings. The number of halogens is 1. The molecule has 0 bridgehead atoms. The van der Waals surface area contributed by atoms with Crippen LogP contribution in [0.15, 0.2) is 28.8 Å². The molecule has 5 nitrogen and oxygen atoms in total. The van der Waals surface area contributed by atoms with Crippen molar-refractivity contribution in [2.45, 2.75) is 6.54 Å². The lowest BCUT2D eigenvalue weighted by atomic mass is 10.1. The highest BCUT2D eigenvalue weighted by Gasteiger charge is 2.19. The molecule has 0 spiro atoms. The van der Waals surface area contributed by atoms with Crippen molar-refractivity contribution < 1.29 is 9.26 Å². The van der Waals surface area contributed by atoms with Gasteiger partial charge in [0.25, 0.3) is 0 Å². The molecule has 1 aromatic heterocycles. The summed E-state index contributed by atoms with van der Waals surface area (Å²) in [5.41, 5.74) is 8.59. The molecule has 3 rings (SSSR count). The topological polar surface area (TPSA) is 64.5 Å². The van der Waals surface area contributed by atoms with E-state index in [1.807, 2.05) is 24.3 Å². The Morgan fingerprint density at radius 2 is 1.90 bits per heavy atom. The summed E-state index contributed by atoms with van der Waals surface area (Å²) in [7, 11) is 0. The number of ether oxygens (including phenoxy) is 1. The number of rotatable bonds is 3. The number of nitrogens with two attached hydrogens (primary N) is 1. The summed E-state index contributed by atoms with van der Waals surface area (Å²) in [5.74, 6) is 0.343. The number of aromatic nitrogens is 1. The first-order valence-corrected chi connectivity index (χ1v) is 6.92.